The van der Waals surface area contributed by atoms with Crippen LogP contribution in [0.25, 0.3) is 10.6 Å². The molecule has 37 heavy (non-hydrogen) atoms. The number of halogens is 2. The third-order valence-electron chi connectivity index (χ3n) is 6.87. The summed E-state index contributed by atoms with van der Waals surface area (Å²) >= 11 is 0.790. The van der Waals surface area contributed by atoms with E-state index >= 15 is 8.78 Å². The maximum Gasteiger partial charge on any atom is 0.273 e. The molecule has 5 N–H and O–H groups in total. The number of ether oxygens (including phenoxy) is 1. The first-order valence-electron chi connectivity index (χ1n) is 12.4. The molecule has 0 radical (unpaired) electrons. The molecule has 200 valence electrons. The molecular weight excluding hydrogens is 502 g/mol. The number of carbonyl (C=O) groups excluding carboxylic acids is 1. The number of aromatic nitrogens is 1. The summed E-state index contributed by atoms with van der Waals surface area (Å²) in [6.45, 7) is 2.16. The summed E-state index contributed by atoms with van der Waals surface area (Å²) in [4.78, 5) is 23.6. The Balaban J connectivity index is 1.56. The van der Waals surface area contributed by atoms with Crippen molar-refractivity contribution in [2.24, 2.45) is 4.99 Å². The van der Waals surface area contributed by atoms with Crippen molar-refractivity contribution >= 4 is 34.3 Å². The largest absolute Gasteiger partial charge is 0.389 e. The van der Waals surface area contributed by atoms with Crippen molar-refractivity contribution in [1.29, 1.82) is 5.41 Å². The Bertz CT molecular complexity index is 1150. The molecule has 2 aliphatic rings. The molecule has 2 saturated heterocycles. The number of nitrogen functional groups attached to an aromatic ring is 1. The lowest BCUT2D eigenvalue weighted by Gasteiger charge is -2.32. The number of nitrogens with zero attached hydrogens (tertiary/aromatic N) is 3. The fourth-order valence-electron chi connectivity index (χ4n) is 4.81. The minimum atomic E-state index is -1.38. The first-order valence-corrected chi connectivity index (χ1v) is 13.2. The molecule has 1 aromatic carbocycles. The van der Waals surface area contributed by atoms with Crippen LogP contribution < -0.4 is 11.1 Å². The quantitative estimate of drug-likeness (QED) is 0.332. The van der Waals surface area contributed by atoms with Gasteiger partial charge in [0.05, 0.1) is 11.2 Å². The predicted octanol–water partition coefficient (Wildman–Crippen LogP) is 3.32. The molecule has 1 atom stereocenters. The number of likely N-dealkylation sites (tertiary alicyclic amines) is 1. The number of aliphatic imine (C=N–C) groups is 1. The van der Waals surface area contributed by atoms with Crippen molar-refractivity contribution in [1.82, 2.24) is 15.2 Å². The number of carbonyl (C=O) groups is 1. The highest BCUT2D eigenvalue weighted by Gasteiger charge is 2.34. The van der Waals surface area contributed by atoms with Crippen molar-refractivity contribution in [3.8, 4) is 10.6 Å². The maximum absolute atomic E-state index is 15.1. The molecule has 4 rings (SSSR count). The van der Waals surface area contributed by atoms with Gasteiger partial charge in [-0.05, 0) is 30.5 Å². The molecule has 1 amide bonds. The SMILES string of the molecule is CN=C(C(C=N)NC(=O)c1nc(-c2c(F)cc(C3(O)CCOCC3)cc2F)sc1N)N1CCCCCC1. The van der Waals surface area contributed by atoms with Gasteiger partial charge in [0.2, 0.25) is 0 Å². The topological polar surface area (TPSA) is 137 Å². The van der Waals surface area contributed by atoms with Crippen LogP contribution in [0.2, 0.25) is 0 Å². The molecule has 0 bridgehead atoms. The molecule has 2 fully saturated rings. The van der Waals surface area contributed by atoms with E-state index in [1.807, 2.05) is 0 Å². The normalized spacial score (nSPS) is 19.2. The number of benzene rings is 1. The Hall–Kier alpha value is -2.96. The van der Waals surface area contributed by atoms with Crippen molar-refractivity contribution < 1.29 is 23.4 Å². The van der Waals surface area contributed by atoms with Gasteiger partial charge in [-0.2, -0.15) is 0 Å². The van der Waals surface area contributed by atoms with Crippen LogP contribution in [0.5, 0.6) is 0 Å². The smallest absolute Gasteiger partial charge is 0.273 e. The Morgan fingerprint density at radius 2 is 1.89 bits per heavy atom. The van der Waals surface area contributed by atoms with Gasteiger partial charge >= 0.3 is 0 Å². The lowest BCUT2D eigenvalue weighted by molar-refractivity contribution is -0.0682. The Labute approximate surface area is 218 Å². The number of amides is 1. The second-order valence-corrected chi connectivity index (χ2v) is 10.3. The Morgan fingerprint density at radius 3 is 2.46 bits per heavy atom. The highest BCUT2D eigenvalue weighted by atomic mass is 32.1. The van der Waals surface area contributed by atoms with Crippen LogP contribution in [0, 0.1) is 17.0 Å². The number of hydrogen-bond acceptors (Lipinski definition) is 8. The summed E-state index contributed by atoms with van der Waals surface area (Å²) in [5.41, 5.74) is 4.20. The lowest BCUT2D eigenvalue weighted by Crippen LogP contribution is -2.50. The van der Waals surface area contributed by atoms with Crippen molar-refractivity contribution in [2.75, 3.05) is 39.1 Å². The van der Waals surface area contributed by atoms with Crippen molar-refractivity contribution in [2.45, 2.75) is 50.2 Å². The molecule has 1 unspecified atom stereocenters. The van der Waals surface area contributed by atoms with E-state index in [2.05, 4.69) is 20.2 Å². The Morgan fingerprint density at radius 1 is 1.27 bits per heavy atom. The van der Waals surface area contributed by atoms with Gasteiger partial charge in [-0.3, -0.25) is 9.79 Å². The average molecular weight is 535 g/mol. The highest BCUT2D eigenvalue weighted by molar-refractivity contribution is 7.19. The monoisotopic (exact) mass is 534 g/mol. The fraction of sp³-hybridized carbons (Fsp3) is 0.520. The van der Waals surface area contributed by atoms with Gasteiger partial charge in [-0.1, -0.05) is 24.2 Å². The molecular formula is C25H32F2N6O3S. The lowest BCUT2D eigenvalue weighted by atomic mass is 9.86. The van der Waals surface area contributed by atoms with E-state index in [9.17, 15) is 9.90 Å². The minimum Gasteiger partial charge on any atom is -0.389 e. The molecule has 0 saturated carbocycles. The second kappa shape index (κ2) is 11.6. The number of thiazole rings is 1. The first kappa shape index (κ1) is 27.1. The number of nitrogens with two attached hydrogens (primary N) is 1. The molecule has 12 heteroatoms. The van der Waals surface area contributed by atoms with Gasteiger partial charge in [0.25, 0.3) is 5.91 Å². The number of rotatable bonds is 6. The number of aliphatic hydroxyl groups is 1. The maximum atomic E-state index is 15.1. The third-order valence-corrected chi connectivity index (χ3v) is 7.77. The summed E-state index contributed by atoms with van der Waals surface area (Å²) in [7, 11) is 1.62. The van der Waals surface area contributed by atoms with E-state index in [1.54, 1.807) is 7.05 Å². The summed E-state index contributed by atoms with van der Waals surface area (Å²) in [5.74, 6) is -1.92. The minimum absolute atomic E-state index is 0.00748. The number of amidine groups is 1. The van der Waals surface area contributed by atoms with Crippen LogP contribution >= 0.6 is 11.3 Å². The van der Waals surface area contributed by atoms with E-state index in [1.165, 1.54) is 0 Å². The summed E-state index contributed by atoms with van der Waals surface area (Å²) in [5, 5.41) is 21.3. The summed E-state index contributed by atoms with van der Waals surface area (Å²) in [6.07, 6.45) is 5.79. The molecule has 0 aliphatic carbocycles. The van der Waals surface area contributed by atoms with Crippen molar-refractivity contribution in [3.05, 3.63) is 35.0 Å². The number of hydrogen-bond donors (Lipinski definition) is 4. The van der Waals surface area contributed by atoms with Gasteiger partial charge in [-0.15, -0.1) is 0 Å². The van der Waals surface area contributed by atoms with E-state index < -0.39 is 34.7 Å². The second-order valence-electron chi connectivity index (χ2n) is 9.29. The zero-order chi connectivity index (χ0) is 26.6. The van der Waals surface area contributed by atoms with Gasteiger partial charge in [-0.25, -0.2) is 13.8 Å². The predicted molar refractivity (Wildman–Crippen MR) is 139 cm³/mol. The molecule has 1 aromatic heterocycles. The first-order chi connectivity index (χ1) is 17.8. The molecule has 9 nitrogen and oxygen atoms in total. The highest BCUT2D eigenvalue weighted by Crippen LogP contribution is 2.38. The van der Waals surface area contributed by atoms with Gasteiger partial charge in [0, 0.05) is 52.4 Å². The summed E-state index contributed by atoms with van der Waals surface area (Å²) in [6, 6.07) is 1.39. The molecule has 2 aliphatic heterocycles. The van der Waals surface area contributed by atoms with Crippen LogP contribution in [0.4, 0.5) is 13.8 Å². The van der Waals surface area contributed by atoms with Crippen molar-refractivity contribution in [3.63, 3.8) is 0 Å². The van der Waals surface area contributed by atoms with Gasteiger partial charge in [0.15, 0.2) is 5.69 Å². The van der Waals surface area contributed by atoms with Gasteiger partial charge in [0.1, 0.15) is 33.5 Å². The molecule has 2 aromatic rings. The third kappa shape index (κ3) is 5.81. The van der Waals surface area contributed by atoms with Gasteiger partial charge < -0.3 is 31.2 Å². The zero-order valence-corrected chi connectivity index (χ0v) is 21.5. The molecule has 0 spiro atoms. The van der Waals surface area contributed by atoms with E-state index in [4.69, 9.17) is 15.9 Å². The van der Waals surface area contributed by atoms with Crippen LogP contribution in [0.3, 0.4) is 0 Å². The van der Waals surface area contributed by atoms with E-state index in [-0.39, 0.29) is 34.1 Å². The van der Waals surface area contributed by atoms with E-state index in [0.29, 0.717) is 19.0 Å². The molecule has 3 heterocycles. The Kier molecular flexibility index (Phi) is 8.50. The van der Waals surface area contributed by atoms with E-state index in [0.717, 1.165) is 68.5 Å². The van der Waals surface area contributed by atoms with Crippen LogP contribution in [0.15, 0.2) is 17.1 Å². The summed E-state index contributed by atoms with van der Waals surface area (Å²) < 4.78 is 35.5. The zero-order valence-electron chi connectivity index (χ0n) is 20.7. The van der Waals surface area contributed by atoms with Crippen LogP contribution in [-0.2, 0) is 10.3 Å². The average Bonchev–Trinajstić information content (AvgIpc) is 3.07. The number of anilines is 1. The number of nitrogens with one attached hydrogen (secondary N) is 2. The fourth-order valence-corrected chi connectivity index (χ4v) is 5.69. The van der Waals surface area contributed by atoms with Crippen LogP contribution in [0.1, 0.15) is 54.6 Å². The van der Waals surface area contributed by atoms with Crippen LogP contribution in [-0.4, -0.2) is 72.3 Å². The standard InChI is InChI=1S/C25H32F2N6O3S/c1-30-22(33-8-4-2-3-5-9-33)18(14-28)31-23(34)20-21(29)37-24(32-20)19-16(26)12-15(13-17(19)27)25(35)6-10-36-11-7-25/h12-14,18,28,35H,2-11,29H2,1H3,(H,31,34).